The lowest BCUT2D eigenvalue weighted by Gasteiger charge is -2.19. The van der Waals surface area contributed by atoms with Crippen molar-refractivity contribution in [3.63, 3.8) is 0 Å². The first kappa shape index (κ1) is 42.2. The number of ether oxygens (including phenoxy) is 2. The van der Waals surface area contributed by atoms with E-state index in [-0.39, 0.29) is 42.7 Å². The Labute approximate surface area is 365 Å². The van der Waals surface area contributed by atoms with Gasteiger partial charge in [0.25, 0.3) is 5.56 Å². The van der Waals surface area contributed by atoms with Crippen LogP contribution in [0.15, 0.2) is 102 Å². The molecule has 3 aromatic heterocycles. The highest BCUT2D eigenvalue weighted by molar-refractivity contribution is 6.32. The van der Waals surface area contributed by atoms with Crippen molar-refractivity contribution in [1.29, 1.82) is 5.26 Å². The van der Waals surface area contributed by atoms with Crippen LogP contribution in [0.25, 0.3) is 27.8 Å². The molecule has 2 atom stereocenters. The second kappa shape index (κ2) is 19.0. The molecule has 2 unspecified atom stereocenters. The third kappa shape index (κ3) is 9.66. The van der Waals surface area contributed by atoms with Crippen LogP contribution in [0, 0.1) is 25.2 Å². The van der Waals surface area contributed by atoms with Crippen LogP contribution in [-0.4, -0.2) is 46.4 Å². The Kier molecular flexibility index (Phi) is 12.9. The van der Waals surface area contributed by atoms with E-state index in [0.717, 1.165) is 68.4 Å². The minimum Gasteiger partial charge on any atom is -0.488 e. The highest BCUT2D eigenvalue weighted by atomic mass is 35.5. The molecule has 8 rings (SSSR count). The first-order valence-corrected chi connectivity index (χ1v) is 21.3. The summed E-state index contributed by atoms with van der Waals surface area (Å²) in [6, 6.07) is 28.1. The Balaban J connectivity index is 0.985. The van der Waals surface area contributed by atoms with Gasteiger partial charge in [0.1, 0.15) is 30.8 Å². The smallest absolute Gasteiger partial charge is 0.259 e. The molecule has 2 saturated heterocycles. The predicted octanol–water partition coefficient (Wildman–Crippen LogP) is 7.06. The van der Waals surface area contributed by atoms with Gasteiger partial charge >= 0.3 is 0 Å². The summed E-state index contributed by atoms with van der Waals surface area (Å²) in [7, 11) is 0. The van der Waals surface area contributed by atoms with Crippen LogP contribution in [0.5, 0.6) is 11.5 Å². The Bertz CT molecular complexity index is 2760. The van der Waals surface area contributed by atoms with Crippen LogP contribution in [0.2, 0.25) is 5.02 Å². The van der Waals surface area contributed by atoms with Gasteiger partial charge in [-0.05, 0) is 96.0 Å². The number of nitrogens with zero attached hydrogens (tertiary/aromatic N) is 3. The standard InChI is InChI=1S/C49H48ClN7O5/c1-30-36(29-62-46-20-45(61-28-33-17-32(21-51)22-52-23-33)37(19-44(46)50)25-54-27-39-11-14-48(59)56-39)5-3-7-42(30)43-8-4-6-41(31(43)2)34-15-16-57-40(18-34)12-9-35(49(57)60)24-53-26-38-10-13-47(58)55-38/h3-9,12,15-20,22-23,38-39,53-54H,10-11,13-14,24-29H2,1-2H3,(H,55,58)(H,56,59). The van der Waals surface area contributed by atoms with Gasteiger partial charge in [0, 0.05) is 98.0 Å². The second-order valence-electron chi connectivity index (χ2n) is 16.0. The maximum absolute atomic E-state index is 13.4. The third-order valence-corrected chi connectivity index (χ3v) is 12.0. The van der Waals surface area contributed by atoms with E-state index in [0.29, 0.717) is 66.7 Å². The number of pyridine rings is 3. The number of nitrogens with one attached hydrogen (secondary N) is 4. The minimum atomic E-state index is -0.0676. The first-order valence-electron chi connectivity index (χ1n) is 20.9. The number of hydrogen-bond acceptors (Lipinski definition) is 9. The number of carbonyl (C=O) groups is 2. The summed E-state index contributed by atoms with van der Waals surface area (Å²) in [6.07, 6.45) is 7.70. The highest BCUT2D eigenvalue weighted by Crippen LogP contribution is 2.37. The van der Waals surface area contributed by atoms with Crippen LogP contribution < -0.4 is 36.3 Å². The summed E-state index contributed by atoms with van der Waals surface area (Å²) in [6.45, 7) is 6.79. The van der Waals surface area contributed by atoms with Crippen molar-refractivity contribution in [2.75, 3.05) is 13.1 Å². The van der Waals surface area contributed by atoms with Crippen LogP contribution in [-0.2, 0) is 35.9 Å². The molecular weight excluding hydrogens is 802 g/mol. The molecule has 0 spiro atoms. The van der Waals surface area contributed by atoms with Gasteiger partial charge in [0.15, 0.2) is 0 Å². The molecule has 0 saturated carbocycles. The van der Waals surface area contributed by atoms with E-state index in [1.165, 1.54) is 6.20 Å². The molecule has 5 heterocycles. The van der Waals surface area contributed by atoms with Crippen LogP contribution in [0.3, 0.4) is 0 Å². The van der Waals surface area contributed by atoms with E-state index < -0.39 is 0 Å². The van der Waals surface area contributed by atoms with E-state index >= 15 is 0 Å². The van der Waals surface area contributed by atoms with Gasteiger partial charge in [-0.15, -0.1) is 0 Å². The molecule has 2 amide bonds. The zero-order valence-electron chi connectivity index (χ0n) is 34.7. The summed E-state index contributed by atoms with van der Waals surface area (Å²) < 4.78 is 14.4. The molecule has 0 bridgehead atoms. The zero-order chi connectivity index (χ0) is 43.2. The average molecular weight is 850 g/mol. The van der Waals surface area contributed by atoms with E-state index in [4.69, 9.17) is 21.1 Å². The van der Waals surface area contributed by atoms with Gasteiger partial charge in [-0.2, -0.15) is 5.26 Å². The number of aromatic nitrogens is 2. The molecule has 3 aromatic carbocycles. The summed E-state index contributed by atoms with van der Waals surface area (Å²) in [5, 5.41) is 22.5. The van der Waals surface area contributed by atoms with Gasteiger partial charge in [-0.25, -0.2) is 0 Å². The molecule has 13 heteroatoms. The monoisotopic (exact) mass is 849 g/mol. The lowest BCUT2D eigenvalue weighted by molar-refractivity contribution is -0.120. The molecule has 2 fully saturated rings. The molecular formula is C49H48ClN7O5. The summed E-state index contributed by atoms with van der Waals surface area (Å²) in [5.74, 6) is 1.19. The molecule has 0 radical (unpaired) electrons. The molecule has 6 aromatic rings. The van der Waals surface area contributed by atoms with Crippen LogP contribution in [0.4, 0.5) is 0 Å². The van der Waals surface area contributed by atoms with Crippen LogP contribution in [0.1, 0.15) is 64.6 Å². The van der Waals surface area contributed by atoms with Crippen molar-refractivity contribution in [2.45, 2.75) is 77.9 Å². The number of hydrogen-bond donors (Lipinski definition) is 4. The Morgan fingerprint density at radius 1 is 0.758 bits per heavy atom. The lowest BCUT2D eigenvalue weighted by atomic mass is 9.89. The summed E-state index contributed by atoms with van der Waals surface area (Å²) >= 11 is 6.87. The van der Waals surface area contributed by atoms with E-state index in [2.05, 4.69) is 76.5 Å². The van der Waals surface area contributed by atoms with Crippen molar-refractivity contribution in [1.82, 2.24) is 30.7 Å². The average Bonchev–Trinajstić information content (AvgIpc) is 3.90. The quantitative estimate of drug-likeness (QED) is 0.0800. The number of rotatable bonds is 16. The fourth-order valence-electron chi connectivity index (χ4n) is 8.24. The SMILES string of the molecule is Cc1c(COc2cc(OCc3cncc(C#N)c3)c(CNCC3CCC(=O)N3)cc2Cl)cccc1-c1cccc(-c2ccn3c(=O)c(CNCC4CCC(=O)N4)ccc3c2)c1C. The number of amides is 2. The van der Waals surface area contributed by atoms with Crippen LogP contribution >= 0.6 is 11.6 Å². The summed E-state index contributed by atoms with van der Waals surface area (Å²) in [5.41, 5.74) is 10.9. The molecule has 2 aliphatic heterocycles. The molecule has 2 aliphatic rings. The maximum atomic E-state index is 13.4. The zero-order valence-corrected chi connectivity index (χ0v) is 35.5. The van der Waals surface area contributed by atoms with Crippen molar-refractivity contribution >= 4 is 28.9 Å². The number of fused-ring (bicyclic) bond motifs is 1. The van der Waals surface area contributed by atoms with Crippen molar-refractivity contribution < 1.29 is 19.1 Å². The fourth-order valence-corrected chi connectivity index (χ4v) is 8.48. The topological polar surface area (TPSA) is 159 Å². The number of nitriles is 1. The predicted molar refractivity (Wildman–Crippen MR) is 239 cm³/mol. The second-order valence-corrected chi connectivity index (χ2v) is 16.4. The normalized spacial score (nSPS) is 16.0. The minimum absolute atomic E-state index is 0.0672. The summed E-state index contributed by atoms with van der Waals surface area (Å²) in [4.78, 5) is 40.8. The van der Waals surface area contributed by atoms with Crippen molar-refractivity contribution in [2.24, 2.45) is 0 Å². The Morgan fingerprint density at radius 3 is 2.15 bits per heavy atom. The van der Waals surface area contributed by atoms with Gasteiger partial charge in [0.05, 0.1) is 10.6 Å². The number of benzene rings is 3. The van der Waals surface area contributed by atoms with Gasteiger partial charge in [-0.1, -0.05) is 54.1 Å². The first-order chi connectivity index (χ1) is 30.1. The van der Waals surface area contributed by atoms with Gasteiger partial charge < -0.3 is 30.7 Å². The van der Waals surface area contributed by atoms with Gasteiger partial charge in [-0.3, -0.25) is 23.8 Å². The van der Waals surface area contributed by atoms with E-state index in [1.54, 1.807) is 22.7 Å². The molecule has 4 N–H and O–H groups in total. The third-order valence-electron chi connectivity index (χ3n) is 11.7. The largest absolute Gasteiger partial charge is 0.488 e. The number of carbonyl (C=O) groups excluding carboxylic acids is 2. The fraction of sp³-hybridized carbons (Fsp3) is 0.286. The molecule has 62 heavy (non-hydrogen) atoms. The Morgan fingerprint density at radius 2 is 1.44 bits per heavy atom. The van der Waals surface area contributed by atoms with E-state index in [1.807, 2.05) is 42.6 Å². The highest BCUT2D eigenvalue weighted by Gasteiger charge is 2.22. The molecule has 316 valence electrons. The molecule has 0 aliphatic carbocycles. The molecule has 12 nitrogen and oxygen atoms in total. The van der Waals surface area contributed by atoms with Gasteiger partial charge in [0.2, 0.25) is 11.8 Å². The van der Waals surface area contributed by atoms with E-state index in [9.17, 15) is 19.6 Å². The van der Waals surface area contributed by atoms with Crippen molar-refractivity contribution in [3.8, 4) is 39.8 Å². The lowest BCUT2D eigenvalue weighted by Crippen LogP contribution is -2.36. The number of halogens is 1. The van der Waals surface area contributed by atoms with Crippen molar-refractivity contribution in [3.05, 3.63) is 152 Å². The maximum Gasteiger partial charge on any atom is 0.259 e. The Hall–Kier alpha value is -6.52.